The lowest BCUT2D eigenvalue weighted by Crippen LogP contribution is -2.64. The van der Waals surface area contributed by atoms with E-state index in [1.807, 2.05) is 13.8 Å². The van der Waals surface area contributed by atoms with Gasteiger partial charge < -0.3 is 30.4 Å². The van der Waals surface area contributed by atoms with Crippen LogP contribution >= 0.6 is 11.8 Å². The maximum Gasteiger partial charge on any atom is 0.237 e. The number of rotatable bonds is 11. The Kier molecular flexibility index (Phi) is 10.2. The zero-order valence-corrected chi connectivity index (χ0v) is 21.6. The molecule has 1 amide bonds. The monoisotopic (exact) mass is 498 g/mol. The molecule has 10 heteroatoms. The minimum absolute atomic E-state index is 0.0474. The third kappa shape index (κ3) is 6.53. The number of aromatic nitrogens is 2. The molecule has 0 saturated carbocycles. The molecule has 3 rings (SSSR count). The van der Waals surface area contributed by atoms with E-state index < -0.39 is 35.9 Å². The van der Waals surface area contributed by atoms with Crippen molar-refractivity contribution in [2.24, 2.45) is 11.8 Å². The number of imidazole rings is 1. The Balaban J connectivity index is 1.73. The summed E-state index contributed by atoms with van der Waals surface area (Å²) >= 11 is 1.27. The van der Waals surface area contributed by atoms with Crippen LogP contribution in [0.4, 0.5) is 0 Å². The van der Waals surface area contributed by atoms with E-state index in [9.17, 15) is 20.1 Å². The molecular formula is C24H42N4O5S. The number of aromatic amines is 1. The lowest BCUT2D eigenvalue weighted by atomic mass is 9.88. The number of aliphatic hydroxyl groups excluding tert-OH is 3. The van der Waals surface area contributed by atoms with Gasteiger partial charge in [-0.3, -0.25) is 9.69 Å². The summed E-state index contributed by atoms with van der Waals surface area (Å²) in [7, 11) is 0. The molecule has 0 spiro atoms. The summed E-state index contributed by atoms with van der Waals surface area (Å²) in [6.07, 6.45) is 6.07. The number of carbonyl (C=O) groups excluding carboxylic acids is 1. The van der Waals surface area contributed by atoms with Crippen LogP contribution < -0.4 is 5.32 Å². The summed E-state index contributed by atoms with van der Waals surface area (Å²) in [5.41, 5.74) is -0.675. The van der Waals surface area contributed by atoms with Crippen molar-refractivity contribution in [2.75, 3.05) is 12.8 Å². The minimum atomic E-state index is -1.33. The summed E-state index contributed by atoms with van der Waals surface area (Å²) in [6.45, 7) is 7.52. The first kappa shape index (κ1) is 27.4. The normalized spacial score (nSPS) is 33.4. The van der Waals surface area contributed by atoms with Crippen LogP contribution in [0.15, 0.2) is 12.4 Å². The molecule has 2 fully saturated rings. The van der Waals surface area contributed by atoms with E-state index in [-0.39, 0.29) is 17.9 Å². The van der Waals surface area contributed by atoms with Crippen LogP contribution in [0.5, 0.6) is 0 Å². The number of nitrogens with one attached hydrogen (secondary N) is 2. The summed E-state index contributed by atoms with van der Waals surface area (Å²) in [4.78, 5) is 23.2. The second kappa shape index (κ2) is 12.7. The van der Waals surface area contributed by atoms with Crippen LogP contribution in [-0.4, -0.2) is 90.8 Å². The Morgan fingerprint density at radius 2 is 2.06 bits per heavy atom. The predicted octanol–water partition coefficient (Wildman–Crippen LogP) is 1.49. The number of H-pyrrole nitrogens is 1. The van der Waals surface area contributed by atoms with Gasteiger partial charge in [-0.25, -0.2) is 4.98 Å². The third-order valence-corrected chi connectivity index (χ3v) is 7.99. The lowest BCUT2D eigenvalue weighted by Gasteiger charge is -2.44. The number of thioether (sulfide) groups is 1. The fraction of sp³-hybridized carbons (Fsp3) is 0.833. The van der Waals surface area contributed by atoms with E-state index in [4.69, 9.17) is 4.74 Å². The first-order chi connectivity index (χ1) is 16.3. The molecule has 0 radical (unpaired) electrons. The maximum atomic E-state index is 13.6. The highest BCUT2D eigenvalue weighted by Crippen LogP contribution is 2.32. The van der Waals surface area contributed by atoms with Crippen LogP contribution in [0, 0.1) is 11.8 Å². The molecule has 1 aromatic heterocycles. The Morgan fingerprint density at radius 1 is 1.29 bits per heavy atom. The van der Waals surface area contributed by atoms with E-state index in [1.165, 1.54) is 24.6 Å². The molecule has 3 heterocycles. The van der Waals surface area contributed by atoms with Gasteiger partial charge in [0.05, 0.1) is 18.6 Å². The van der Waals surface area contributed by atoms with Crippen LogP contribution in [0.25, 0.3) is 0 Å². The van der Waals surface area contributed by atoms with E-state index in [0.717, 1.165) is 31.6 Å². The number of likely N-dealkylation sites (tertiary alicyclic amines) is 1. The highest BCUT2D eigenvalue weighted by Gasteiger charge is 2.48. The van der Waals surface area contributed by atoms with Gasteiger partial charge in [-0.2, -0.15) is 0 Å². The summed E-state index contributed by atoms with van der Waals surface area (Å²) in [5.74, 6) is 1.14. The number of carbonyl (C=O) groups is 1. The Hall–Kier alpha value is -1.17. The van der Waals surface area contributed by atoms with E-state index >= 15 is 0 Å². The number of aliphatic hydroxyl groups is 3. The lowest BCUT2D eigenvalue weighted by molar-refractivity contribution is -0.208. The number of amides is 1. The maximum absolute atomic E-state index is 13.6. The number of nitrogens with zero attached hydrogens (tertiary/aromatic N) is 2. The Bertz CT molecular complexity index is 750. The van der Waals surface area contributed by atoms with Gasteiger partial charge in [0, 0.05) is 18.9 Å². The van der Waals surface area contributed by atoms with Crippen molar-refractivity contribution < 1.29 is 24.9 Å². The SMILES string of the molecule is CCCCC[C@@H]1C[C@@H](C(=O)N[C@H](C(C)C)C2O[C@H](SC)[C@H](O)[C@@H](O)[C@H]2O)N(Cc2ncc[nH]2)C1. The molecule has 2 saturated heterocycles. The third-order valence-electron chi connectivity index (χ3n) is 7.14. The number of ether oxygens (including phenoxy) is 1. The van der Waals surface area contributed by atoms with Crippen LogP contribution in [-0.2, 0) is 16.1 Å². The van der Waals surface area contributed by atoms with E-state index in [2.05, 4.69) is 27.1 Å². The quantitative estimate of drug-likeness (QED) is 0.290. The summed E-state index contributed by atoms with van der Waals surface area (Å²) < 4.78 is 5.98. The molecule has 2 aliphatic rings. The van der Waals surface area contributed by atoms with Crippen LogP contribution in [0.1, 0.15) is 58.7 Å². The first-order valence-corrected chi connectivity index (χ1v) is 13.8. The molecule has 1 aromatic rings. The van der Waals surface area contributed by atoms with Gasteiger partial charge in [0.15, 0.2) is 0 Å². The molecule has 8 atom stereocenters. The highest BCUT2D eigenvalue weighted by atomic mass is 32.2. The smallest absolute Gasteiger partial charge is 0.237 e. The molecule has 34 heavy (non-hydrogen) atoms. The number of hydrogen-bond acceptors (Lipinski definition) is 8. The van der Waals surface area contributed by atoms with E-state index in [1.54, 1.807) is 18.6 Å². The molecule has 0 aliphatic carbocycles. The summed E-state index contributed by atoms with van der Waals surface area (Å²) in [6, 6.07) is -0.811. The fourth-order valence-electron chi connectivity index (χ4n) is 5.17. The van der Waals surface area contributed by atoms with Crippen molar-refractivity contribution in [3.63, 3.8) is 0 Å². The molecule has 0 aromatic carbocycles. The fourth-order valence-corrected chi connectivity index (χ4v) is 5.85. The standard InChI is InChI=1S/C24H42N4O5S/c1-5-6-7-8-15-11-16(28(12-15)13-17-25-9-10-26-17)23(32)27-18(14(2)3)22-20(30)19(29)21(31)24(33-22)34-4/h9-10,14-16,18-22,24,29-31H,5-8,11-13H2,1-4H3,(H,25,26)(H,27,32)/t15-,16+,18-,19+,20-,21-,22?,24-/m1/s1. The molecule has 5 N–H and O–H groups in total. The van der Waals surface area contributed by atoms with Gasteiger partial charge in [0.25, 0.3) is 0 Å². The number of hydrogen-bond donors (Lipinski definition) is 5. The Morgan fingerprint density at radius 3 is 2.68 bits per heavy atom. The van der Waals surface area contributed by atoms with Crippen molar-refractivity contribution in [3.05, 3.63) is 18.2 Å². The summed E-state index contributed by atoms with van der Waals surface area (Å²) in [5, 5.41) is 34.4. The van der Waals surface area contributed by atoms with Crippen molar-refractivity contribution >= 4 is 17.7 Å². The average Bonchev–Trinajstić information content (AvgIpc) is 3.47. The Labute approximate surface area is 207 Å². The molecule has 9 nitrogen and oxygen atoms in total. The van der Waals surface area contributed by atoms with Gasteiger partial charge >= 0.3 is 0 Å². The second-order valence-electron chi connectivity index (χ2n) is 10.0. The highest BCUT2D eigenvalue weighted by molar-refractivity contribution is 7.99. The van der Waals surface area contributed by atoms with Gasteiger partial charge in [-0.05, 0) is 30.9 Å². The molecule has 1 unspecified atom stereocenters. The largest absolute Gasteiger partial charge is 0.388 e. The molecule has 194 valence electrons. The van der Waals surface area contributed by atoms with Gasteiger partial charge in [-0.1, -0.05) is 40.0 Å². The van der Waals surface area contributed by atoms with Gasteiger partial charge in [-0.15, -0.1) is 11.8 Å². The first-order valence-electron chi connectivity index (χ1n) is 12.5. The molecule has 2 aliphatic heterocycles. The van der Waals surface area contributed by atoms with Crippen molar-refractivity contribution in [1.29, 1.82) is 0 Å². The van der Waals surface area contributed by atoms with Crippen molar-refractivity contribution in [1.82, 2.24) is 20.2 Å². The zero-order valence-electron chi connectivity index (χ0n) is 20.8. The molecular weight excluding hydrogens is 456 g/mol. The average molecular weight is 499 g/mol. The topological polar surface area (TPSA) is 131 Å². The van der Waals surface area contributed by atoms with Crippen molar-refractivity contribution in [3.8, 4) is 0 Å². The predicted molar refractivity (Wildman–Crippen MR) is 132 cm³/mol. The van der Waals surface area contributed by atoms with Crippen LogP contribution in [0.2, 0.25) is 0 Å². The van der Waals surface area contributed by atoms with Crippen molar-refractivity contribution in [2.45, 2.75) is 101 Å². The minimum Gasteiger partial charge on any atom is -0.388 e. The number of unbranched alkanes of at least 4 members (excludes halogenated alkanes) is 2. The second-order valence-corrected chi connectivity index (χ2v) is 11.0. The van der Waals surface area contributed by atoms with E-state index in [0.29, 0.717) is 12.5 Å². The zero-order chi connectivity index (χ0) is 24.8. The van der Waals surface area contributed by atoms with Crippen LogP contribution in [0.3, 0.4) is 0 Å². The molecule has 0 bridgehead atoms. The van der Waals surface area contributed by atoms with Gasteiger partial charge in [0.2, 0.25) is 5.91 Å². The van der Waals surface area contributed by atoms with Gasteiger partial charge in [0.1, 0.15) is 35.7 Å².